The molecular formula is C24H26O4. The van der Waals surface area contributed by atoms with E-state index < -0.39 is 5.41 Å². The topological polar surface area (TPSA) is 69.9 Å². The van der Waals surface area contributed by atoms with E-state index in [0.29, 0.717) is 16.9 Å². The van der Waals surface area contributed by atoms with Crippen LogP contribution >= 0.6 is 0 Å². The summed E-state index contributed by atoms with van der Waals surface area (Å²) in [6.07, 6.45) is 2.06. The van der Waals surface area contributed by atoms with E-state index in [1.54, 1.807) is 37.4 Å². The molecule has 1 unspecified atom stereocenters. The van der Waals surface area contributed by atoms with Crippen molar-refractivity contribution in [3.8, 4) is 23.0 Å². The summed E-state index contributed by atoms with van der Waals surface area (Å²) in [4.78, 5) is 0. The summed E-state index contributed by atoms with van der Waals surface area (Å²) in [6.45, 7) is 4.09. The number of aryl methyl sites for hydroxylation is 1. The van der Waals surface area contributed by atoms with E-state index in [2.05, 4.69) is 19.1 Å². The summed E-state index contributed by atoms with van der Waals surface area (Å²) in [6, 6.07) is 17.9. The first-order valence-electron chi connectivity index (χ1n) is 9.39. The lowest BCUT2D eigenvalue weighted by Crippen LogP contribution is -2.25. The minimum atomic E-state index is -0.834. The number of benzene rings is 3. The van der Waals surface area contributed by atoms with Crippen molar-refractivity contribution in [1.29, 1.82) is 0 Å². The van der Waals surface area contributed by atoms with Crippen molar-refractivity contribution in [3.05, 3.63) is 82.9 Å². The zero-order valence-electron chi connectivity index (χ0n) is 16.4. The summed E-state index contributed by atoms with van der Waals surface area (Å²) in [5.74, 6) is 0.583. The van der Waals surface area contributed by atoms with E-state index in [9.17, 15) is 15.3 Å². The maximum atomic E-state index is 10.8. The number of methoxy groups -OCH3 is 1. The molecule has 0 aliphatic carbocycles. The first-order valence-corrected chi connectivity index (χ1v) is 9.39. The van der Waals surface area contributed by atoms with Crippen LogP contribution in [0.1, 0.15) is 42.5 Å². The minimum absolute atomic E-state index is 0.0131. The number of rotatable bonds is 6. The van der Waals surface area contributed by atoms with Crippen molar-refractivity contribution in [2.45, 2.75) is 32.1 Å². The standard InChI is InChI=1S/C24H26O4/c1-4-5-16-6-8-17(9-7-16)24(2,20-12-10-18(25)14-22(20)26)21-13-11-19(28-3)15-23(21)27/h6-15,25-27H,4-5H2,1-3H3. The van der Waals surface area contributed by atoms with Gasteiger partial charge in [-0.15, -0.1) is 0 Å². The van der Waals surface area contributed by atoms with Gasteiger partial charge in [-0.1, -0.05) is 49.7 Å². The number of phenolic OH excluding ortho intramolecular Hbond substituents is 3. The quantitative estimate of drug-likeness (QED) is 0.521. The average Bonchev–Trinajstić information content (AvgIpc) is 2.68. The number of phenols is 3. The SMILES string of the molecule is CCCc1ccc(C(C)(c2ccc(O)cc2O)c2ccc(OC)cc2O)cc1. The van der Waals surface area contributed by atoms with Crippen LogP contribution in [0.3, 0.4) is 0 Å². The fourth-order valence-corrected chi connectivity index (χ4v) is 3.75. The van der Waals surface area contributed by atoms with Crippen LogP contribution in [-0.2, 0) is 11.8 Å². The highest BCUT2D eigenvalue weighted by Crippen LogP contribution is 2.47. The Kier molecular flexibility index (Phi) is 5.50. The summed E-state index contributed by atoms with van der Waals surface area (Å²) in [7, 11) is 1.55. The Morgan fingerprint density at radius 2 is 1.43 bits per heavy atom. The fourth-order valence-electron chi connectivity index (χ4n) is 3.75. The van der Waals surface area contributed by atoms with Crippen LogP contribution in [0.5, 0.6) is 23.0 Å². The first-order chi connectivity index (χ1) is 13.4. The monoisotopic (exact) mass is 378 g/mol. The Labute approximate surface area is 165 Å². The fraction of sp³-hybridized carbons (Fsp3) is 0.250. The summed E-state index contributed by atoms with van der Waals surface area (Å²) >= 11 is 0. The van der Waals surface area contributed by atoms with Crippen LogP contribution in [-0.4, -0.2) is 22.4 Å². The molecule has 4 heteroatoms. The number of aromatic hydroxyl groups is 3. The molecule has 4 nitrogen and oxygen atoms in total. The van der Waals surface area contributed by atoms with Crippen molar-refractivity contribution in [3.63, 3.8) is 0 Å². The Balaban J connectivity index is 2.24. The third-order valence-corrected chi connectivity index (χ3v) is 5.33. The van der Waals surface area contributed by atoms with Crippen LogP contribution in [0.4, 0.5) is 0 Å². The Hall–Kier alpha value is -3.14. The molecule has 0 bridgehead atoms. The van der Waals surface area contributed by atoms with Gasteiger partial charge in [0.15, 0.2) is 0 Å². The van der Waals surface area contributed by atoms with Crippen molar-refractivity contribution in [2.75, 3.05) is 7.11 Å². The predicted octanol–water partition coefficient (Wildman–Crippen LogP) is 5.12. The van der Waals surface area contributed by atoms with Gasteiger partial charge in [-0.3, -0.25) is 0 Å². The molecule has 0 fully saturated rings. The molecule has 0 aliphatic heterocycles. The van der Waals surface area contributed by atoms with Crippen molar-refractivity contribution in [1.82, 2.24) is 0 Å². The number of hydrogen-bond donors (Lipinski definition) is 3. The smallest absolute Gasteiger partial charge is 0.123 e. The molecule has 146 valence electrons. The number of ether oxygens (including phenoxy) is 1. The molecule has 0 aromatic heterocycles. The van der Waals surface area contributed by atoms with Gasteiger partial charge in [0.25, 0.3) is 0 Å². The third kappa shape index (κ3) is 3.50. The normalized spacial score (nSPS) is 13.1. The first kappa shape index (κ1) is 19.6. The zero-order chi connectivity index (χ0) is 20.3. The van der Waals surface area contributed by atoms with Gasteiger partial charge in [-0.2, -0.15) is 0 Å². The van der Waals surface area contributed by atoms with E-state index in [0.717, 1.165) is 18.4 Å². The number of hydrogen-bond acceptors (Lipinski definition) is 4. The Morgan fingerprint density at radius 3 is 1.96 bits per heavy atom. The van der Waals surface area contributed by atoms with Gasteiger partial charge in [0.1, 0.15) is 23.0 Å². The molecule has 3 aromatic carbocycles. The van der Waals surface area contributed by atoms with Gasteiger partial charge in [-0.05, 0) is 36.6 Å². The van der Waals surface area contributed by atoms with Crippen LogP contribution in [0.2, 0.25) is 0 Å². The molecule has 1 atom stereocenters. The average molecular weight is 378 g/mol. The molecule has 0 aliphatic rings. The molecule has 28 heavy (non-hydrogen) atoms. The van der Waals surface area contributed by atoms with Crippen LogP contribution in [0.15, 0.2) is 60.7 Å². The molecule has 3 rings (SSSR count). The van der Waals surface area contributed by atoms with Gasteiger partial charge in [0.2, 0.25) is 0 Å². The van der Waals surface area contributed by atoms with E-state index in [1.807, 2.05) is 19.1 Å². The second-order valence-electron chi connectivity index (χ2n) is 7.16. The van der Waals surface area contributed by atoms with E-state index in [-0.39, 0.29) is 17.2 Å². The lowest BCUT2D eigenvalue weighted by Gasteiger charge is -2.33. The molecule has 3 N–H and O–H groups in total. The third-order valence-electron chi connectivity index (χ3n) is 5.33. The van der Waals surface area contributed by atoms with E-state index in [1.165, 1.54) is 11.6 Å². The van der Waals surface area contributed by atoms with Crippen LogP contribution in [0.25, 0.3) is 0 Å². The Bertz CT molecular complexity index is 963. The second kappa shape index (κ2) is 7.85. The second-order valence-corrected chi connectivity index (χ2v) is 7.16. The van der Waals surface area contributed by atoms with Crippen molar-refractivity contribution in [2.24, 2.45) is 0 Å². The summed E-state index contributed by atoms with van der Waals surface area (Å²) in [5.41, 5.74) is 2.56. The molecule has 0 radical (unpaired) electrons. The van der Waals surface area contributed by atoms with Gasteiger partial charge >= 0.3 is 0 Å². The maximum absolute atomic E-state index is 10.8. The summed E-state index contributed by atoms with van der Waals surface area (Å²) in [5, 5.41) is 31.1. The highest BCUT2D eigenvalue weighted by atomic mass is 16.5. The lowest BCUT2D eigenvalue weighted by molar-refractivity contribution is 0.403. The van der Waals surface area contributed by atoms with Gasteiger partial charge in [-0.25, -0.2) is 0 Å². The zero-order valence-corrected chi connectivity index (χ0v) is 16.4. The molecule has 0 heterocycles. The Morgan fingerprint density at radius 1 is 0.821 bits per heavy atom. The molecule has 0 spiro atoms. The van der Waals surface area contributed by atoms with Crippen LogP contribution in [0, 0.1) is 0 Å². The molecule has 3 aromatic rings. The maximum Gasteiger partial charge on any atom is 0.123 e. The van der Waals surface area contributed by atoms with Gasteiger partial charge in [0.05, 0.1) is 7.11 Å². The molecule has 0 amide bonds. The molecule has 0 saturated heterocycles. The predicted molar refractivity (Wildman–Crippen MR) is 110 cm³/mol. The minimum Gasteiger partial charge on any atom is -0.508 e. The van der Waals surface area contributed by atoms with E-state index >= 15 is 0 Å². The summed E-state index contributed by atoms with van der Waals surface area (Å²) < 4.78 is 5.21. The highest BCUT2D eigenvalue weighted by molar-refractivity contribution is 5.59. The largest absolute Gasteiger partial charge is 0.508 e. The van der Waals surface area contributed by atoms with E-state index in [4.69, 9.17) is 4.74 Å². The van der Waals surface area contributed by atoms with Crippen molar-refractivity contribution >= 4 is 0 Å². The van der Waals surface area contributed by atoms with Gasteiger partial charge < -0.3 is 20.1 Å². The highest BCUT2D eigenvalue weighted by Gasteiger charge is 2.36. The molecule has 0 saturated carbocycles. The van der Waals surface area contributed by atoms with Crippen molar-refractivity contribution < 1.29 is 20.1 Å². The molecular weight excluding hydrogens is 352 g/mol. The van der Waals surface area contributed by atoms with Gasteiger partial charge in [0, 0.05) is 28.7 Å². The van der Waals surface area contributed by atoms with Crippen LogP contribution < -0.4 is 4.74 Å². The lowest BCUT2D eigenvalue weighted by atomic mass is 9.70.